The van der Waals surface area contributed by atoms with E-state index in [1.807, 2.05) is 32.1 Å². The summed E-state index contributed by atoms with van der Waals surface area (Å²) in [5.41, 5.74) is 2.30. The van der Waals surface area contributed by atoms with Crippen molar-refractivity contribution in [3.05, 3.63) is 71.8 Å². The van der Waals surface area contributed by atoms with Crippen molar-refractivity contribution < 1.29 is 19.4 Å². The van der Waals surface area contributed by atoms with Gasteiger partial charge in [-0.1, -0.05) is 6.08 Å². The van der Waals surface area contributed by atoms with E-state index in [4.69, 9.17) is 9.47 Å². The van der Waals surface area contributed by atoms with Gasteiger partial charge in [-0.25, -0.2) is 0 Å². The summed E-state index contributed by atoms with van der Waals surface area (Å²) in [5.74, 6) is 1.41. The first-order valence-corrected chi connectivity index (χ1v) is 8.63. The third-order valence-corrected chi connectivity index (χ3v) is 3.72. The summed E-state index contributed by atoms with van der Waals surface area (Å²) in [6.45, 7) is 8.70. The number of rotatable bonds is 9. The third kappa shape index (κ3) is 4.99. The molecule has 2 rings (SSSR count). The van der Waals surface area contributed by atoms with Crippen molar-refractivity contribution in [1.82, 2.24) is 0 Å². The van der Waals surface area contributed by atoms with E-state index in [1.54, 1.807) is 18.2 Å². The van der Waals surface area contributed by atoms with Crippen LogP contribution in [0.15, 0.2) is 55.1 Å². The lowest BCUT2D eigenvalue weighted by Gasteiger charge is -2.14. The predicted molar refractivity (Wildman–Crippen MR) is 104 cm³/mol. The molecule has 0 aliphatic carbocycles. The number of benzene rings is 2. The summed E-state index contributed by atoms with van der Waals surface area (Å²) in [4.78, 5) is 12.3. The highest BCUT2D eigenvalue weighted by Crippen LogP contribution is 2.31. The fourth-order valence-corrected chi connectivity index (χ4v) is 2.53. The largest absolute Gasteiger partial charge is 0.508 e. The molecule has 0 spiro atoms. The highest BCUT2D eigenvalue weighted by molar-refractivity contribution is 6.07. The molecule has 4 heteroatoms. The number of carbonyl (C=O) groups is 1. The van der Waals surface area contributed by atoms with E-state index < -0.39 is 0 Å². The first-order chi connectivity index (χ1) is 12.6. The Morgan fingerprint density at radius 3 is 2.35 bits per heavy atom. The molecular formula is C22H24O4. The van der Waals surface area contributed by atoms with Gasteiger partial charge in [0.1, 0.15) is 17.2 Å². The van der Waals surface area contributed by atoms with Crippen LogP contribution < -0.4 is 9.47 Å². The molecule has 0 saturated carbocycles. The summed E-state index contributed by atoms with van der Waals surface area (Å²) < 4.78 is 11.4. The Bertz CT molecular complexity index is 789. The Labute approximate surface area is 154 Å². The lowest BCUT2D eigenvalue weighted by atomic mass is 10.0. The minimum absolute atomic E-state index is 0.129. The summed E-state index contributed by atoms with van der Waals surface area (Å²) in [6, 6.07) is 9.98. The molecule has 0 heterocycles. The van der Waals surface area contributed by atoms with Gasteiger partial charge in [0.2, 0.25) is 0 Å². The van der Waals surface area contributed by atoms with Crippen LogP contribution in [0.5, 0.6) is 17.2 Å². The quantitative estimate of drug-likeness (QED) is 0.399. The SMILES string of the molecule is C=CCc1cc(/C=C/C(=O)c2ccc(O)cc2)c(OCC)cc1OCC. The van der Waals surface area contributed by atoms with Crippen molar-refractivity contribution in [2.24, 2.45) is 0 Å². The number of hydrogen-bond acceptors (Lipinski definition) is 4. The highest BCUT2D eigenvalue weighted by Gasteiger charge is 2.10. The molecule has 0 fully saturated rings. The minimum atomic E-state index is -0.147. The first kappa shape index (κ1) is 19.3. The summed E-state index contributed by atoms with van der Waals surface area (Å²) in [7, 11) is 0. The van der Waals surface area contributed by atoms with Crippen LogP contribution in [0.3, 0.4) is 0 Å². The van der Waals surface area contributed by atoms with E-state index in [9.17, 15) is 9.90 Å². The fraction of sp³-hybridized carbons (Fsp3) is 0.227. The van der Waals surface area contributed by atoms with Crippen molar-refractivity contribution in [2.45, 2.75) is 20.3 Å². The predicted octanol–water partition coefficient (Wildman–Crippen LogP) is 4.81. The molecular weight excluding hydrogens is 328 g/mol. The molecule has 1 N–H and O–H groups in total. The number of phenols is 1. The van der Waals surface area contributed by atoms with Gasteiger partial charge in [-0.05, 0) is 68.3 Å². The molecule has 0 radical (unpaired) electrons. The van der Waals surface area contributed by atoms with Gasteiger partial charge >= 0.3 is 0 Å². The zero-order chi connectivity index (χ0) is 18.9. The Kier molecular flexibility index (Phi) is 7.03. The van der Waals surface area contributed by atoms with Gasteiger partial charge < -0.3 is 14.6 Å². The second kappa shape index (κ2) is 9.47. The van der Waals surface area contributed by atoms with Crippen LogP contribution in [0.4, 0.5) is 0 Å². The van der Waals surface area contributed by atoms with Crippen LogP contribution >= 0.6 is 0 Å². The second-order valence-electron chi connectivity index (χ2n) is 5.60. The second-order valence-corrected chi connectivity index (χ2v) is 5.60. The van der Waals surface area contributed by atoms with Gasteiger partial charge in [0.15, 0.2) is 5.78 Å². The smallest absolute Gasteiger partial charge is 0.185 e. The monoisotopic (exact) mass is 352 g/mol. The number of carbonyl (C=O) groups excluding carboxylic acids is 1. The van der Waals surface area contributed by atoms with Crippen molar-refractivity contribution in [1.29, 1.82) is 0 Å². The molecule has 4 nitrogen and oxygen atoms in total. The maximum Gasteiger partial charge on any atom is 0.185 e. The maximum absolute atomic E-state index is 12.3. The van der Waals surface area contributed by atoms with Crippen LogP contribution in [0.25, 0.3) is 6.08 Å². The summed E-state index contributed by atoms with van der Waals surface area (Å²) >= 11 is 0. The molecule has 0 aliphatic heterocycles. The lowest BCUT2D eigenvalue weighted by molar-refractivity contribution is 0.104. The molecule has 0 amide bonds. The molecule has 0 aliphatic rings. The average molecular weight is 352 g/mol. The molecule has 26 heavy (non-hydrogen) atoms. The Morgan fingerprint density at radius 2 is 1.73 bits per heavy atom. The van der Waals surface area contributed by atoms with Crippen LogP contribution in [-0.2, 0) is 6.42 Å². The fourth-order valence-electron chi connectivity index (χ4n) is 2.53. The van der Waals surface area contributed by atoms with Crippen LogP contribution in [0.2, 0.25) is 0 Å². The van der Waals surface area contributed by atoms with Crippen molar-refractivity contribution in [3.63, 3.8) is 0 Å². The first-order valence-electron chi connectivity index (χ1n) is 8.63. The standard InChI is InChI=1S/C22H24O4/c1-4-7-17-14-18(22(26-6-3)15-21(17)25-5-2)10-13-20(24)16-8-11-19(23)12-9-16/h4,8-15,23H,1,5-7H2,2-3H3/b13-10+. The number of hydrogen-bond donors (Lipinski definition) is 1. The normalized spacial score (nSPS) is 10.7. The van der Waals surface area contributed by atoms with E-state index in [0.717, 1.165) is 16.9 Å². The van der Waals surface area contributed by atoms with Crippen LogP contribution in [0, 0.1) is 0 Å². The van der Waals surface area contributed by atoms with E-state index in [-0.39, 0.29) is 11.5 Å². The molecule has 2 aromatic rings. The molecule has 136 valence electrons. The van der Waals surface area contributed by atoms with Gasteiger partial charge in [0.25, 0.3) is 0 Å². The Balaban J connectivity index is 2.35. The van der Waals surface area contributed by atoms with Gasteiger partial charge in [0.05, 0.1) is 13.2 Å². The molecule has 0 bridgehead atoms. The summed E-state index contributed by atoms with van der Waals surface area (Å²) in [6.07, 6.45) is 5.71. The van der Waals surface area contributed by atoms with Gasteiger partial charge in [-0.3, -0.25) is 4.79 Å². The third-order valence-electron chi connectivity index (χ3n) is 3.72. The zero-order valence-corrected chi connectivity index (χ0v) is 15.2. The topological polar surface area (TPSA) is 55.8 Å². The van der Waals surface area contributed by atoms with Gasteiger partial charge in [-0.2, -0.15) is 0 Å². The van der Waals surface area contributed by atoms with Gasteiger partial charge in [0, 0.05) is 17.2 Å². The van der Waals surface area contributed by atoms with Crippen molar-refractivity contribution in [2.75, 3.05) is 13.2 Å². The van der Waals surface area contributed by atoms with E-state index in [0.29, 0.717) is 30.9 Å². The van der Waals surface area contributed by atoms with Crippen LogP contribution in [0.1, 0.15) is 35.3 Å². The maximum atomic E-state index is 12.3. The number of ketones is 1. The average Bonchev–Trinajstić information content (AvgIpc) is 2.63. The zero-order valence-electron chi connectivity index (χ0n) is 15.2. The molecule has 0 unspecified atom stereocenters. The van der Waals surface area contributed by atoms with Gasteiger partial charge in [-0.15, -0.1) is 6.58 Å². The number of ether oxygens (including phenoxy) is 2. The van der Waals surface area contributed by atoms with E-state index >= 15 is 0 Å². The highest BCUT2D eigenvalue weighted by atomic mass is 16.5. The Morgan fingerprint density at radius 1 is 1.08 bits per heavy atom. The van der Waals surface area contributed by atoms with Crippen molar-refractivity contribution >= 4 is 11.9 Å². The number of aromatic hydroxyl groups is 1. The van der Waals surface area contributed by atoms with Crippen molar-refractivity contribution in [3.8, 4) is 17.2 Å². The Hall–Kier alpha value is -3.01. The number of phenolic OH excluding ortho intramolecular Hbond substituents is 1. The lowest BCUT2D eigenvalue weighted by Crippen LogP contribution is -2.01. The van der Waals surface area contributed by atoms with E-state index in [1.165, 1.54) is 18.2 Å². The molecule has 2 aromatic carbocycles. The molecule has 0 aromatic heterocycles. The molecule has 0 atom stereocenters. The minimum Gasteiger partial charge on any atom is -0.508 e. The number of allylic oxidation sites excluding steroid dienone is 2. The molecule has 0 saturated heterocycles. The van der Waals surface area contributed by atoms with Crippen LogP contribution in [-0.4, -0.2) is 24.1 Å². The van der Waals surface area contributed by atoms with E-state index in [2.05, 4.69) is 6.58 Å². The summed E-state index contributed by atoms with van der Waals surface area (Å²) in [5, 5.41) is 9.33.